The average Bonchev–Trinajstić information content (AvgIpc) is 2.24. The van der Waals surface area contributed by atoms with E-state index in [-0.39, 0.29) is 13.4 Å². The summed E-state index contributed by atoms with van der Waals surface area (Å²) in [6.45, 7) is 8.10. The molecule has 12 aromatic carbocycles. The summed E-state index contributed by atoms with van der Waals surface area (Å²) in [4.78, 5) is 11.4. The molecule has 0 saturated carbocycles. The minimum absolute atomic E-state index is 0.204. The zero-order valence-electron chi connectivity index (χ0n) is 45.0. The second-order valence-electron chi connectivity index (χ2n) is 22.1. The first-order valence-corrected chi connectivity index (χ1v) is 28.4. The van der Waals surface area contributed by atoms with Crippen molar-refractivity contribution < 1.29 is 4.74 Å². The van der Waals surface area contributed by atoms with Gasteiger partial charge in [0.15, 0.2) is 0 Å². The Hall–Kier alpha value is -11.5. The van der Waals surface area contributed by atoms with Crippen LogP contribution in [0.4, 0.5) is 56.9 Å². The van der Waals surface area contributed by atoms with Crippen LogP contribution in [-0.4, -0.2) is 22.6 Å². The second-order valence-corrected chi connectivity index (χ2v) is 22.1. The Morgan fingerprint density at radius 2 is 0.821 bits per heavy atom. The molecule has 84 heavy (non-hydrogen) atoms. The SMILES string of the molecule is [C-]#[N+]c1cccc2c3ccccc3n(-c3cc4c5c(c3)N(c3ccccc3)c3cc6c(cc3B5c3ccccc3N4c3ccccc3)B3c4ccccc4N(c4ccccc4)c4cc(-n5c7ccccc7c7cccc(C#N)c75)cc(c43)O6)c12. The maximum Gasteiger partial charge on any atom is 0.256 e. The van der Waals surface area contributed by atoms with Gasteiger partial charge in [-0.25, -0.2) is 4.85 Å². The van der Waals surface area contributed by atoms with Gasteiger partial charge in [0.1, 0.15) is 17.6 Å². The van der Waals surface area contributed by atoms with Crippen molar-refractivity contribution in [2.75, 3.05) is 14.7 Å². The highest BCUT2D eigenvalue weighted by molar-refractivity contribution is 7.02. The quantitative estimate of drug-likeness (QED) is 0.127. The molecular formula is C74H43B2N7O. The number of rotatable bonds is 5. The van der Waals surface area contributed by atoms with Crippen LogP contribution in [0, 0.1) is 17.9 Å². The maximum atomic E-state index is 10.8. The number of nitriles is 1. The number of fused-ring (bicyclic) bond motifs is 14. The summed E-state index contributed by atoms with van der Waals surface area (Å²) in [5, 5.41) is 15.0. The van der Waals surface area contributed by atoms with Gasteiger partial charge in [0.05, 0.1) is 39.9 Å². The van der Waals surface area contributed by atoms with Crippen LogP contribution in [0.25, 0.3) is 59.8 Å². The molecule has 10 heteroatoms. The molecule has 18 rings (SSSR count). The second kappa shape index (κ2) is 17.5. The Balaban J connectivity index is 0.943. The van der Waals surface area contributed by atoms with Gasteiger partial charge < -0.3 is 28.6 Å². The molecular weight excluding hydrogens is 1020 g/mol. The Labute approximate surface area is 484 Å². The molecule has 0 fully saturated rings. The van der Waals surface area contributed by atoms with E-state index in [9.17, 15) is 5.26 Å². The molecule has 0 bridgehead atoms. The maximum absolute atomic E-state index is 10.8. The van der Waals surface area contributed by atoms with Gasteiger partial charge in [-0.3, -0.25) is 0 Å². The Kier molecular flexibility index (Phi) is 9.66. The summed E-state index contributed by atoms with van der Waals surface area (Å²) in [7, 11) is 0. The molecule has 0 N–H and O–H groups in total. The van der Waals surface area contributed by atoms with Crippen LogP contribution >= 0.6 is 0 Å². The summed E-state index contributed by atoms with van der Waals surface area (Å²) in [5.41, 5.74) is 23.2. The molecule has 0 spiro atoms. The number of hydrogen-bond acceptors (Lipinski definition) is 5. The van der Waals surface area contributed by atoms with Crippen LogP contribution in [-0.2, 0) is 0 Å². The molecule has 14 aromatic rings. The standard InChI is InChI=1S/C74H43B2N7O/c1-78-60-34-20-31-55-53-29-12-16-36-62(53)83(74(55)60)50-39-66-71-67(40-50)81(49-26-9-4-10-27-49)65-44-69-59(43-58(65)75(71)56-32-13-17-37-63(56)79(66)47-22-5-2-6-23-47)76-57-33-14-18-38-64(57)80(48-24-7-3-8-25-48)68-41-51(42-70(84-69)72(68)76)82-61-35-15-11-28-52(61)54-30-19-21-46(45-77)73(54)82/h2-44H. The molecule has 4 aliphatic rings. The molecule has 4 aliphatic heterocycles. The Morgan fingerprint density at radius 3 is 1.40 bits per heavy atom. The molecule has 0 radical (unpaired) electrons. The van der Waals surface area contributed by atoms with Crippen molar-refractivity contribution in [2.45, 2.75) is 0 Å². The highest BCUT2D eigenvalue weighted by Gasteiger charge is 2.48. The summed E-state index contributed by atoms with van der Waals surface area (Å²) < 4.78 is 12.2. The fourth-order valence-electron chi connectivity index (χ4n) is 14.7. The number of anilines is 9. The van der Waals surface area contributed by atoms with E-state index in [1.54, 1.807) is 0 Å². The van der Waals surface area contributed by atoms with Gasteiger partial charge >= 0.3 is 0 Å². The monoisotopic (exact) mass is 1070 g/mol. The van der Waals surface area contributed by atoms with Crippen molar-refractivity contribution in [3.8, 4) is 28.9 Å². The van der Waals surface area contributed by atoms with Gasteiger partial charge in [-0.1, -0.05) is 164 Å². The van der Waals surface area contributed by atoms with Gasteiger partial charge in [-0.05, 0) is 123 Å². The van der Waals surface area contributed by atoms with Gasteiger partial charge in [0.2, 0.25) is 5.69 Å². The van der Waals surface area contributed by atoms with E-state index in [0.717, 1.165) is 129 Å². The highest BCUT2D eigenvalue weighted by Crippen LogP contribution is 2.50. The van der Waals surface area contributed by atoms with Gasteiger partial charge in [-0.15, -0.1) is 0 Å². The van der Waals surface area contributed by atoms with Crippen molar-refractivity contribution in [1.82, 2.24) is 9.13 Å². The first-order chi connectivity index (χ1) is 41.6. The molecule has 0 unspecified atom stereocenters. The first-order valence-electron chi connectivity index (χ1n) is 28.4. The third kappa shape index (κ3) is 6.31. The van der Waals surface area contributed by atoms with E-state index in [1.807, 2.05) is 24.3 Å². The fraction of sp³-hybridized carbons (Fsp3) is 0. The van der Waals surface area contributed by atoms with Crippen LogP contribution in [0.2, 0.25) is 0 Å². The summed E-state index contributed by atoms with van der Waals surface area (Å²) >= 11 is 0. The fourth-order valence-corrected chi connectivity index (χ4v) is 14.7. The zero-order chi connectivity index (χ0) is 55.3. The van der Waals surface area contributed by atoms with Crippen molar-refractivity contribution in [1.29, 1.82) is 5.26 Å². The number of hydrogen-bond donors (Lipinski definition) is 0. The molecule has 386 valence electrons. The lowest BCUT2D eigenvalue weighted by Gasteiger charge is -2.45. The van der Waals surface area contributed by atoms with E-state index in [1.165, 1.54) is 21.9 Å². The normalized spacial score (nSPS) is 13.2. The van der Waals surface area contributed by atoms with Crippen LogP contribution in [0.15, 0.2) is 261 Å². The van der Waals surface area contributed by atoms with E-state index in [0.29, 0.717) is 11.3 Å². The third-order valence-electron chi connectivity index (χ3n) is 17.9. The lowest BCUT2D eigenvalue weighted by molar-refractivity contribution is 0.487. The van der Waals surface area contributed by atoms with Crippen molar-refractivity contribution >= 4 is 147 Å². The predicted molar refractivity (Wildman–Crippen MR) is 346 cm³/mol. The van der Waals surface area contributed by atoms with Crippen LogP contribution in [0.5, 0.6) is 11.5 Å². The molecule has 0 aliphatic carbocycles. The van der Waals surface area contributed by atoms with Crippen LogP contribution < -0.4 is 52.2 Å². The Morgan fingerprint density at radius 1 is 0.357 bits per heavy atom. The summed E-state index contributed by atoms with van der Waals surface area (Å²) in [6, 6.07) is 95.5. The van der Waals surface area contributed by atoms with E-state index in [4.69, 9.17) is 11.3 Å². The molecule has 0 amide bonds. The number of nitrogens with zero attached hydrogens (tertiary/aromatic N) is 7. The summed E-state index contributed by atoms with van der Waals surface area (Å²) in [6.07, 6.45) is 0. The average molecular weight is 1070 g/mol. The minimum Gasteiger partial charge on any atom is -0.458 e. The Bertz CT molecular complexity index is 5260. The zero-order valence-corrected chi connectivity index (χ0v) is 45.0. The van der Waals surface area contributed by atoms with Crippen LogP contribution in [0.1, 0.15) is 5.56 Å². The first kappa shape index (κ1) is 46.3. The lowest BCUT2D eigenvalue weighted by atomic mass is 9.30. The van der Waals surface area contributed by atoms with Crippen molar-refractivity contribution in [3.05, 3.63) is 278 Å². The molecule has 2 aromatic heterocycles. The van der Waals surface area contributed by atoms with Crippen molar-refractivity contribution in [2.24, 2.45) is 0 Å². The minimum atomic E-state index is -0.220. The lowest BCUT2D eigenvalue weighted by Crippen LogP contribution is -2.64. The number of benzene rings is 12. The highest BCUT2D eigenvalue weighted by atomic mass is 16.5. The largest absolute Gasteiger partial charge is 0.458 e. The number of aromatic nitrogens is 2. The predicted octanol–water partition coefficient (Wildman–Crippen LogP) is 14.8. The molecule has 8 nitrogen and oxygen atoms in total. The van der Waals surface area contributed by atoms with Gasteiger partial charge in [0, 0.05) is 85.2 Å². The van der Waals surface area contributed by atoms with Gasteiger partial charge in [-0.2, -0.15) is 5.26 Å². The van der Waals surface area contributed by atoms with E-state index < -0.39 is 0 Å². The smallest absolute Gasteiger partial charge is 0.256 e. The van der Waals surface area contributed by atoms with Crippen molar-refractivity contribution in [3.63, 3.8) is 0 Å². The van der Waals surface area contributed by atoms with Gasteiger partial charge in [0.25, 0.3) is 13.4 Å². The molecule has 6 heterocycles. The van der Waals surface area contributed by atoms with Crippen LogP contribution in [0.3, 0.4) is 0 Å². The summed E-state index contributed by atoms with van der Waals surface area (Å²) in [5.74, 6) is 1.53. The molecule has 0 saturated heterocycles. The topological polar surface area (TPSA) is 57.0 Å². The number of para-hydroxylation sites is 9. The molecule has 0 atom stereocenters. The van der Waals surface area contributed by atoms with E-state index >= 15 is 0 Å². The van der Waals surface area contributed by atoms with E-state index in [2.05, 4.69) is 271 Å². The number of ether oxygens (including phenoxy) is 1. The third-order valence-corrected chi connectivity index (χ3v) is 17.9.